The molecule has 0 bridgehead atoms. The third-order valence-electron chi connectivity index (χ3n) is 1.35. The fourth-order valence-corrected chi connectivity index (χ4v) is 1.04. The molecule has 0 amide bonds. The Hall–Kier alpha value is -0.970. The Bertz CT molecular complexity index is 262. The van der Waals surface area contributed by atoms with Gasteiger partial charge in [0.15, 0.2) is 5.75 Å². The van der Waals surface area contributed by atoms with Crippen molar-refractivity contribution in [3.8, 4) is 11.6 Å². The molecule has 12 heavy (non-hydrogen) atoms. The number of ether oxygens (including phenoxy) is 2. The number of nitrogens with two attached hydrogens (primary N) is 1. The largest absolute Gasteiger partial charge is 0.491 e. The molecule has 0 spiro atoms. The number of halogens is 1. The molecule has 4 nitrogen and oxygen atoms in total. The predicted molar refractivity (Wildman–Crippen MR) is 49.5 cm³/mol. The Balaban J connectivity index is 3.19. The van der Waals surface area contributed by atoms with Crippen LogP contribution in [0.3, 0.4) is 0 Å². The van der Waals surface area contributed by atoms with Crippen molar-refractivity contribution < 1.29 is 9.47 Å². The zero-order chi connectivity index (χ0) is 9.14. The Labute approximate surface area is 78.8 Å². The average Bonchev–Trinajstić information content (AvgIpc) is 2.09. The smallest absolute Gasteiger partial charge is 0.257 e. The van der Waals surface area contributed by atoms with Crippen LogP contribution in [0.4, 0.5) is 5.69 Å². The molecular weight excluding hydrogens is 224 g/mol. The van der Waals surface area contributed by atoms with Gasteiger partial charge in [0.1, 0.15) is 4.60 Å². The minimum absolute atomic E-state index is 0.415. The van der Waals surface area contributed by atoms with Crippen LogP contribution < -0.4 is 15.2 Å². The normalized spacial score (nSPS) is 9.58. The lowest BCUT2D eigenvalue weighted by Gasteiger charge is -2.07. The van der Waals surface area contributed by atoms with Crippen LogP contribution in [0.2, 0.25) is 0 Å². The van der Waals surface area contributed by atoms with Crippen LogP contribution in [0.25, 0.3) is 0 Å². The lowest BCUT2D eigenvalue weighted by Crippen LogP contribution is -1.97. The van der Waals surface area contributed by atoms with Gasteiger partial charge < -0.3 is 15.2 Å². The van der Waals surface area contributed by atoms with Gasteiger partial charge in [-0.05, 0) is 15.9 Å². The second-order valence-electron chi connectivity index (χ2n) is 2.08. The molecule has 1 rings (SSSR count). The number of methoxy groups -OCH3 is 2. The van der Waals surface area contributed by atoms with Gasteiger partial charge in [0, 0.05) is 6.07 Å². The van der Waals surface area contributed by atoms with E-state index < -0.39 is 0 Å². The molecule has 0 fully saturated rings. The first-order valence-corrected chi connectivity index (χ1v) is 4.02. The Morgan fingerprint density at radius 3 is 2.58 bits per heavy atom. The third-order valence-corrected chi connectivity index (χ3v) is 1.98. The summed E-state index contributed by atoms with van der Waals surface area (Å²) in [6.07, 6.45) is 0. The molecule has 0 unspecified atom stereocenters. The van der Waals surface area contributed by atoms with Crippen LogP contribution in [-0.4, -0.2) is 19.2 Å². The van der Waals surface area contributed by atoms with Gasteiger partial charge in [0.2, 0.25) is 0 Å². The van der Waals surface area contributed by atoms with E-state index in [1.54, 1.807) is 6.07 Å². The molecule has 0 aliphatic heterocycles. The second-order valence-corrected chi connectivity index (χ2v) is 2.83. The first-order valence-electron chi connectivity index (χ1n) is 3.23. The highest BCUT2D eigenvalue weighted by Crippen LogP contribution is 2.30. The molecule has 1 aromatic rings. The number of pyridine rings is 1. The minimum Gasteiger partial charge on any atom is -0.491 e. The Morgan fingerprint density at radius 1 is 1.42 bits per heavy atom. The van der Waals surface area contributed by atoms with Crippen molar-refractivity contribution in [2.45, 2.75) is 0 Å². The standard InChI is InChI=1S/C7H9BrN2O2/c1-11-5-3-4(9)6(8)10-7(5)12-2/h3H,9H2,1-2H3. The molecule has 0 atom stereocenters. The van der Waals surface area contributed by atoms with Crippen LogP contribution in [0.1, 0.15) is 0 Å². The summed E-state index contributed by atoms with van der Waals surface area (Å²) < 4.78 is 10.5. The van der Waals surface area contributed by atoms with Crippen LogP contribution in [-0.2, 0) is 0 Å². The van der Waals surface area contributed by atoms with Crippen molar-refractivity contribution in [3.05, 3.63) is 10.7 Å². The van der Waals surface area contributed by atoms with E-state index in [0.717, 1.165) is 0 Å². The average molecular weight is 233 g/mol. The number of anilines is 1. The van der Waals surface area contributed by atoms with E-state index in [-0.39, 0.29) is 0 Å². The molecule has 0 aliphatic carbocycles. The van der Waals surface area contributed by atoms with Crippen LogP contribution in [0, 0.1) is 0 Å². The van der Waals surface area contributed by atoms with Crippen molar-refractivity contribution in [3.63, 3.8) is 0 Å². The number of aromatic nitrogens is 1. The lowest BCUT2D eigenvalue weighted by molar-refractivity contribution is 0.342. The number of nitrogens with zero attached hydrogens (tertiary/aromatic N) is 1. The molecular formula is C7H9BrN2O2. The maximum Gasteiger partial charge on any atom is 0.257 e. The molecule has 2 N–H and O–H groups in total. The SMILES string of the molecule is COc1cc(N)c(Br)nc1OC. The molecule has 66 valence electrons. The highest BCUT2D eigenvalue weighted by atomic mass is 79.9. The minimum atomic E-state index is 0.415. The topological polar surface area (TPSA) is 57.4 Å². The van der Waals surface area contributed by atoms with Crippen molar-refractivity contribution in [1.82, 2.24) is 4.98 Å². The third kappa shape index (κ3) is 1.61. The highest BCUT2D eigenvalue weighted by molar-refractivity contribution is 9.10. The molecule has 0 radical (unpaired) electrons. The van der Waals surface area contributed by atoms with Gasteiger partial charge in [-0.15, -0.1) is 0 Å². The first kappa shape index (κ1) is 9.12. The summed E-state index contributed by atoms with van der Waals surface area (Å²) in [5, 5.41) is 0. The van der Waals surface area contributed by atoms with Gasteiger partial charge in [0.05, 0.1) is 19.9 Å². The summed E-state index contributed by atoms with van der Waals surface area (Å²) >= 11 is 3.18. The zero-order valence-electron chi connectivity index (χ0n) is 6.80. The molecule has 0 aliphatic rings. The van der Waals surface area contributed by atoms with E-state index in [2.05, 4.69) is 20.9 Å². The van der Waals surface area contributed by atoms with Crippen LogP contribution in [0.15, 0.2) is 10.7 Å². The number of nitrogen functional groups attached to an aromatic ring is 1. The van der Waals surface area contributed by atoms with Crippen LogP contribution in [0.5, 0.6) is 11.6 Å². The number of hydrogen-bond acceptors (Lipinski definition) is 4. The van der Waals surface area contributed by atoms with Gasteiger partial charge in [-0.3, -0.25) is 0 Å². The van der Waals surface area contributed by atoms with Crippen molar-refractivity contribution in [1.29, 1.82) is 0 Å². The summed E-state index contributed by atoms with van der Waals surface area (Å²) in [6, 6.07) is 1.65. The van der Waals surface area contributed by atoms with Gasteiger partial charge in [-0.1, -0.05) is 0 Å². The van der Waals surface area contributed by atoms with Gasteiger partial charge in [-0.2, -0.15) is 0 Å². The van der Waals surface area contributed by atoms with Crippen molar-refractivity contribution in [2.75, 3.05) is 20.0 Å². The highest BCUT2D eigenvalue weighted by Gasteiger charge is 2.08. The number of rotatable bonds is 2. The van der Waals surface area contributed by atoms with Gasteiger partial charge in [0.25, 0.3) is 5.88 Å². The van der Waals surface area contributed by atoms with Crippen molar-refractivity contribution in [2.24, 2.45) is 0 Å². The first-order chi connectivity index (χ1) is 5.69. The Kier molecular flexibility index (Phi) is 2.75. The maximum absolute atomic E-state index is 5.57. The van der Waals surface area contributed by atoms with E-state index >= 15 is 0 Å². The molecule has 5 heteroatoms. The predicted octanol–water partition coefficient (Wildman–Crippen LogP) is 1.44. The summed E-state index contributed by atoms with van der Waals surface area (Å²) in [7, 11) is 3.06. The molecule has 0 saturated heterocycles. The molecule has 1 aromatic heterocycles. The van der Waals surface area contributed by atoms with E-state index in [4.69, 9.17) is 15.2 Å². The summed E-state index contributed by atoms with van der Waals surface area (Å²) in [5.74, 6) is 0.941. The fraction of sp³-hybridized carbons (Fsp3) is 0.286. The summed E-state index contributed by atoms with van der Waals surface area (Å²) in [6.45, 7) is 0. The van der Waals surface area contributed by atoms with E-state index in [9.17, 15) is 0 Å². The number of hydrogen-bond donors (Lipinski definition) is 1. The van der Waals surface area contributed by atoms with Crippen molar-refractivity contribution >= 4 is 21.6 Å². The quantitative estimate of drug-likeness (QED) is 0.785. The molecule has 0 saturated carbocycles. The van der Waals surface area contributed by atoms with E-state index in [1.807, 2.05) is 0 Å². The zero-order valence-corrected chi connectivity index (χ0v) is 8.38. The van der Waals surface area contributed by atoms with Crippen LogP contribution >= 0.6 is 15.9 Å². The molecule has 0 aromatic carbocycles. The molecule has 1 heterocycles. The summed E-state index contributed by atoms with van der Waals surface area (Å²) in [4.78, 5) is 4.01. The monoisotopic (exact) mass is 232 g/mol. The van der Waals surface area contributed by atoms with E-state index in [0.29, 0.717) is 21.9 Å². The fourth-order valence-electron chi connectivity index (χ4n) is 0.764. The van der Waals surface area contributed by atoms with E-state index in [1.165, 1.54) is 14.2 Å². The Morgan fingerprint density at radius 2 is 2.08 bits per heavy atom. The van der Waals surface area contributed by atoms with Gasteiger partial charge >= 0.3 is 0 Å². The van der Waals surface area contributed by atoms with Gasteiger partial charge in [-0.25, -0.2) is 4.98 Å². The maximum atomic E-state index is 5.57. The summed E-state index contributed by atoms with van der Waals surface area (Å²) in [5.41, 5.74) is 6.10. The lowest BCUT2D eigenvalue weighted by atomic mass is 10.4. The second kappa shape index (κ2) is 3.62.